The second kappa shape index (κ2) is 4.03. The molecule has 19 heavy (non-hydrogen) atoms. The molecule has 0 aromatic carbocycles. The molecule has 0 aliphatic carbocycles. The van der Waals surface area contributed by atoms with E-state index in [-0.39, 0.29) is 18.3 Å². The molecular weight excluding hydrogens is 252 g/mol. The third-order valence-electron chi connectivity index (χ3n) is 3.39. The molecule has 0 bridgehead atoms. The molecule has 3 rings (SSSR count). The van der Waals surface area contributed by atoms with Gasteiger partial charge in [-0.15, -0.1) is 0 Å². The highest BCUT2D eigenvalue weighted by Crippen LogP contribution is 2.42. The lowest BCUT2D eigenvalue weighted by atomic mass is 10.1. The SMILES string of the molecule is CC1O[C@@H](n2ccc(=O)[nH]c2=O)[C@@H]2OC(C)(C)O[C@H]12. The zero-order chi connectivity index (χ0) is 13.8. The number of rotatable bonds is 1. The summed E-state index contributed by atoms with van der Waals surface area (Å²) >= 11 is 0. The van der Waals surface area contributed by atoms with Crippen LogP contribution in [0.15, 0.2) is 21.9 Å². The maximum Gasteiger partial charge on any atom is 0.330 e. The van der Waals surface area contributed by atoms with Crippen molar-refractivity contribution in [1.82, 2.24) is 9.55 Å². The summed E-state index contributed by atoms with van der Waals surface area (Å²) in [5.74, 6) is -0.697. The lowest BCUT2D eigenvalue weighted by Crippen LogP contribution is -2.37. The Bertz CT molecular complexity index is 605. The maximum atomic E-state index is 11.8. The van der Waals surface area contributed by atoms with Crippen LogP contribution in [0.4, 0.5) is 0 Å². The van der Waals surface area contributed by atoms with Crippen molar-refractivity contribution in [2.45, 2.75) is 51.1 Å². The van der Waals surface area contributed by atoms with Crippen LogP contribution in [0.1, 0.15) is 27.0 Å². The molecule has 0 radical (unpaired) electrons. The van der Waals surface area contributed by atoms with Crippen LogP contribution in [0.3, 0.4) is 0 Å². The van der Waals surface area contributed by atoms with Crippen molar-refractivity contribution in [2.75, 3.05) is 0 Å². The zero-order valence-electron chi connectivity index (χ0n) is 11.0. The minimum Gasteiger partial charge on any atom is -0.349 e. The number of hydrogen-bond acceptors (Lipinski definition) is 5. The molecule has 1 unspecified atom stereocenters. The highest BCUT2D eigenvalue weighted by Gasteiger charge is 2.54. The van der Waals surface area contributed by atoms with Crippen molar-refractivity contribution in [3.05, 3.63) is 33.1 Å². The lowest BCUT2D eigenvalue weighted by Gasteiger charge is -2.23. The molecule has 0 amide bonds. The molecule has 1 N–H and O–H groups in total. The number of H-pyrrole nitrogens is 1. The monoisotopic (exact) mass is 268 g/mol. The van der Waals surface area contributed by atoms with E-state index in [1.54, 1.807) is 0 Å². The number of hydrogen-bond donors (Lipinski definition) is 1. The van der Waals surface area contributed by atoms with Crippen LogP contribution in [-0.2, 0) is 14.2 Å². The predicted octanol–water partition coefficient (Wildman–Crippen LogP) is -0.0260. The van der Waals surface area contributed by atoms with Gasteiger partial charge in [0.15, 0.2) is 12.0 Å². The van der Waals surface area contributed by atoms with Crippen LogP contribution in [0.25, 0.3) is 0 Å². The highest BCUT2D eigenvalue weighted by atomic mass is 16.8. The summed E-state index contributed by atoms with van der Waals surface area (Å²) in [6, 6.07) is 1.28. The van der Waals surface area contributed by atoms with E-state index >= 15 is 0 Å². The van der Waals surface area contributed by atoms with Crippen LogP contribution >= 0.6 is 0 Å². The van der Waals surface area contributed by atoms with E-state index in [1.165, 1.54) is 16.8 Å². The summed E-state index contributed by atoms with van der Waals surface area (Å²) < 4.78 is 18.6. The minimum atomic E-state index is -0.697. The van der Waals surface area contributed by atoms with E-state index in [9.17, 15) is 9.59 Å². The van der Waals surface area contributed by atoms with Crippen LogP contribution in [-0.4, -0.2) is 33.7 Å². The van der Waals surface area contributed by atoms with Crippen molar-refractivity contribution in [1.29, 1.82) is 0 Å². The molecule has 2 fully saturated rings. The lowest BCUT2D eigenvalue weighted by molar-refractivity contribution is -0.195. The Morgan fingerprint density at radius 1 is 1.26 bits per heavy atom. The Balaban J connectivity index is 1.98. The Morgan fingerprint density at radius 3 is 2.63 bits per heavy atom. The molecule has 4 atom stereocenters. The number of nitrogens with one attached hydrogen (secondary N) is 1. The molecule has 3 heterocycles. The number of aromatic nitrogens is 2. The van der Waals surface area contributed by atoms with E-state index in [0.29, 0.717) is 0 Å². The summed E-state index contributed by atoms with van der Waals surface area (Å²) in [6.07, 6.45) is 0.0458. The van der Waals surface area contributed by atoms with E-state index in [2.05, 4.69) is 4.98 Å². The molecule has 2 aliphatic heterocycles. The van der Waals surface area contributed by atoms with Gasteiger partial charge in [-0.25, -0.2) is 4.79 Å². The highest BCUT2D eigenvalue weighted by molar-refractivity contribution is 4.97. The molecular formula is C12H16N2O5. The molecule has 7 nitrogen and oxygen atoms in total. The number of fused-ring (bicyclic) bond motifs is 1. The summed E-state index contributed by atoms with van der Waals surface area (Å²) in [4.78, 5) is 25.1. The predicted molar refractivity (Wildman–Crippen MR) is 64.7 cm³/mol. The molecule has 1 aromatic rings. The Kier molecular flexibility index (Phi) is 2.67. The summed E-state index contributed by atoms with van der Waals surface area (Å²) in [6.45, 7) is 5.52. The van der Waals surface area contributed by atoms with Crippen LogP contribution in [0.2, 0.25) is 0 Å². The molecule has 0 saturated carbocycles. The first-order valence-electron chi connectivity index (χ1n) is 6.20. The van der Waals surface area contributed by atoms with Gasteiger partial charge in [-0.1, -0.05) is 0 Å². The maximum absolute atomic E-state index is 11.8. The summed E-state index contributed by atoms with van der Waals surface area (Å²) in [5, 5.41) is 0. The average molecular weight is 268 g/mol. The number of aromatic amines is 1. The van der Waals surface area contributed by atoms with E-state index < -0.39 is 23.3 Å². The largest absolute Gasteiger partial charge is 0.349 e. The first-order valence-corrected chi connectivity index (χ1v) is 6.20. The van der Waals surface area contributed by atoms with E-state index in [1.807, 2.05) is 20.8 Å². The van der Waals surface area contributed by atoms with Gasteiger partial charge in [0, 0.05) is 12.3 Å². The van der Waals surface area contributed by atoms with Gasteiger partial charge in [0.05, 0.1) is 6.10 Å². The van der Waals surface area contributed by atoms with Crippen molar-refractivity contribution >= 4 is 0 Å². The quantitative estimate of drug-likeness (QED) is 0.773. The van der Waals surface area contributed by atoms with Gasteiger partial charge < -0.3 is 14.2 Å². The van der Waals surface area contributed by atoms with Gasteiger partial charge in [-0.05, 0) is 20.8 Å². The molecule has 2 saturated heterocycles. The number of ether oxygens (including phenoxy) is 3. The standard InChI is InChI=1S/C12H16N2O5/c1-6-8-9(19-12(2,3)18-8)10(17-6)14-5-4-7(15)13-11(14)16/h4-6,8-10H,1-3H3,(H,13,15,16)/t6?,8-,9-,10-/m1/s1. The fourth-order valence-corrected chi connectivity index (χ4v) is 2.63. The van der Waals surface area contributed by atoms with Crippen molar-refractivity contribution in [3.63, 3.8) is 0 Å². The molecule has 2 aliphatic rings. The van der Waals surface area contributed by atoms with Gasteiger partial charge in [0.2, 0.25) is 0 Å². The fraction of sp³-hybridized carbons (Fsp3) is 0.667. The fourth-order valence-electron chi connectivity index (χ4n) is 2.63. The Labute approximate surface area is 109 Å². The van der Waals surface area contributed by atoms with Crippen molar-refractivity contribution in [2.24, 2.45) is 0 Å². The second-order valence-corrected chi connectivity index (χ2v) is 5.31. The van der Waals surface area contributed by atoms with Crippen LogP contribution < -0.4 is 11.2 Å². The Hall–Kier alpha value is -1.44. The van der Waals surface area contributed by atoms with E-state index in [0.717, 1.165) is 0 Å². The van der Waals surface area contributed by atoms with Crippen molar-refractivity contribution < 1.29 is 14.2 Å². The van der Waals surface area contributed by atoms with Crippen LogP contribution in [0.5, 0.6) is 0 Å². The third-order valence-corrected chi connectivity index (χ3v) is 3.39. The molecule has 7 heteroatoms. The van der Waals surface area contributed by atoms with E-state index in [4.69, 9.17) is 14.2 Å². The smallest absolute Gasteiger partial charge is 0.330 e. The molecule has 104 valence electrons. The van der Waals surface area contributed by atoms with Gasteiger partial charge in [-0.2, -0.15) is 0 Å². The van der Waals surface area contributed by atoms with Gasteiger partial charge in [0.25, 0.3) is 5.56 Å². The topological polar surface area (TPSA) is 82.6 Å². The molecule has 1 aromatic heterocycles. The zero-order valence-corrected chi connectivity index (χ0v) is 11.0. The van der Waals surface area contributed by atoms with Crippen LogP contribution in [0, 0.1) is 0 Å². The Morgan fingerprint density at radius 2 is 1.95 bits per heavy atom. The van der Waals surface area contributed by atoms with Gasteiger partial charge in [0.1, 0.15) is 12.2 Å². The summed E-state index contributed by atoms with van der Waals surface area (Å²) in [5.41, 5.74) is -0.952. The molecule has 0 spiro atoms. The summed E-state index contributed by atoms with van der Waals surface area (Å²) in [7, 11) is 0. The average Bonchev–Trinajstić information content (AvgIpc) is 2.75. The van der Waals surface area contributed by atoms with Crippen molar-refractivity contribution in [3.8, 4) is 0 Å². The van der Waals surface area contributed by atoms with Gasteiger partial charge >= 0.3 is 5.69 Å². The first kappa shape index (κ1) is 12.6. The second-order valence-electron chi connectivity index (χ2n) is 5.31. The minimum absolute atomic E-state index is 0.185. The third kappa shape index (κ3) is 2.03. The normalized spacial score (nSPS) is 36.4. The first-order chi connectivity index (χ1) is 8.87. The number of nitrogens with zero attached hydrogens (tertiary/aromatic N) is 1. The van der Waals surface area contributed by atoms with Gasteiger partial charge in [-0.3, -0.25) is 14.3 Å².